The summed E-state index contributed by atoms with van der Waals surface area (Å²) in [6.07, 6.45) is -3.99. The van der Waals surface area contributed by atoms with Crippen LogP contribution in [0.3, 0.4) is 0 Å². The molecule has 0 saturated heterocycles. The number of pyridine rings is 1. The van der Waals surface area contributed by atoms with Gasteiger partial charge in [0.2, 0.25) is 0 Å². The van der Waals surface area contributed by atoms with E-state index in [1.54, 1.807) is 6.07 Å². The van der Waals surface area contributed by atoms with E-state index in [0.717, 1.165) is 29.1 Å². The highest BCUT2D eigenvalue weighted by Gasteiger charge is 2.30. The molecule has 0 spiro atoms. The second-order valence-electron chi connectivity index (χ2n) is 5.14. The van der Waals surface area contributed by atoms with Crippen molar-refractivity contribution in [2.24, 2.45) is 5.73 Å². The highest BCUT2D eigenvalue weighted by molar-refractivity contribution is 5.30. The zero-order chi connectivity index (χ0) is 15.6. The van der Waals surface area contributed by atoms with Crippen LogP contribution in [0.15, 0.2) is 36.4 Å². The van der Waals surface area contributed by atoms with Crippen LogP contribution < -0.4 is 5.73 Å². The number of alkyl halides is 3. The van der Waals surface area contributed by atoms with E-state index in [1.807, 2.05) is 26.0 Å². The highest BCUT2D eigenvalue weighted by Crippen LogP contribution is 2.30. The molecule has 0 aliphatic carbocycles. The summed E-state index contributed by atoms with van der Waals surface area (Å²) in [5.74, 6) is 0. The number of aryl methyl sites for hydroxylation is 2. The van der Waals surface area contributed by atoms with Crippen LogP contribution in [0.5, 0.6) is 0 Å². The molecule has 112 valence electrons. The van der Waals surface area contributed by atoms with Crippen molar-refractivity contribution in [1.82, 2.24) is 4.98 Å². The van der Waals surface area contributed by atoms with Crippen LogP contribution in [0.1, 0.15) is 34.1 Å². The lowest BCUT2D eigenvalue weighted by molar-refractivity contribution is -0.137. The third-order valence-corrected chi connectivity index (χ3v) is 3.38. The number of aromatic nitrogens is 1. The predicted molar refractivity (Wildman–Crippen MR) is 75.8 cm³/mol. The molecule has 2 N–H and O–H groups in total. The minimum atomic E-state index is -4.33. The molecule has 0 aliphatic rings. The molecule has 0 saturated carbocycles. The molecule has 2 aromatic rings. The maximum atomic E-state index is 12.7. The van der Waals surface area contributed by atoms with E-state index in [0.29, 0.717) is 12.0 Å². The fourth-order valence-corrected chi connectivity index (χ4v) is 2.33. The molecule has 0 amide bonds. The van der Waals surface area contributed by atoms with Crippen molar-refractivity contribution in [1.29, 1.82) is 0 Å². The summed E-state index contributed by atoms with van der Waals surface area (Å²) in [5.41, 5.74) is 8.60. The van der Waals surface area contributed by atoms with Crippen molar-refractivity contribution < 1.29 is 13.2 Å². The number of hydrogen-bond acceptors (Lipinski definition) is 2. The fraction of sp³-hybridized carbons (Fsp3) is 0.312. The van der Waals surface area contributed by atoms with Crippen LogP contribution in [0.4, 0.5) is 13.2 Å². The Morgan fingerprint density at radius 1 is 1.14 bits per heavy atom. The fourth-order valence-electron chi connectivity index (χ4n) is 2.33. The molecule has 1 unspecified atom stereocenters. The average molecular weight is 294 g/mol. The SMILES string of the molecule is Cc1ccc(C(N)Cc2cccc(C(F)(F)F)c2)c(C)n1. The molecule has 1 aromatic heterocycles. The van der Waals surface area contributed by atoms with Crippen molar-refractivity contribution in [3.05, 3.63) is 64.5 Å². The van der Waals surface area contributed by atoms with Crippen molar-refractivity contribution in [3.63, 3.8) is 0 Å². The summed E-state index contributed by atoms with van der Waals surface area (Å²) >= 11 is 0. The first-order chi connectivity index (χ1) is 9.77. The van der Waals surface area contributed by atoms with Gasteiger partial charge < -0.3 is 5.73 Å². The Hall–Kier alpha value is -1.88. The van der Waals surface area contributed by atoms with Crippen molar-refractivity contribution >= 4 is 0 Å². The predicted octanol–water partition coefficient (Wildman–Crippen LogP) is 3.96. The molecule has 5 heteroatoms. The summed E-state index contributed by atoms with van der Waals surface area (Å²) in [4.78, 5) is 4.33. The van der Waals surface area contributed by atoms with Gasteiger partial charge >= 0.3 is 6.18 Å². The lowest BCUT2D eigenvalue weighted by Crippen LogP contribution is -2.16. The maximum Gasteiger partial charge on any atom is 0.416 e. The summed E-state index contributed by atoms with van der Waals surface area (Å²) in [5, 5.41) is 0. The van der Waals surface area contributed by atoms with E-state index < -0.39 is 11.7 Å². The Morgan fingerprint density at radius 2 is 1.86 bits per heavy atom. The van der Waals surface area contributed by atoms with Crippen molar-refractivity contribution in [3.8, 4) is 0 Å². The molecule has 1 aromatic carbocycles. The number of benzene rings is 1. The molecule has 0 aliphatic heterocycles. The Morgan fingerprint density at radius 3 is 2.48 bits per heavy atom. The van der Waals surface area contributed by atoms with Gasteiger partial charge in [-0.2, -0.15) is 13.2 Å². The van der Waals surface area contributed by atoms with E-state index in [4.69, 9.17) is 5.73 Å². The molecule has 1 atom stereocenters. The molecule has 0 fully saturated rings. The summed E-state index contributed by atoms with van der Waals surface area (Å²) < 4.78 is 38.1. The minimum Gasteiger partial charge on any atom is -0.324 e. The largest absolute Gasteiger partial charge is 0.416 e. The summed E-state index contributed by atoms with van der Waals surface area (Å²) in [6, 6.07) is 8.65. The normalized spacial score (nSPS) is 13.2. The number of halogens is 3. The summed E-state index contributed by atoms with van der Waals surface area (Å²) in [7, 11) is 0. The smallest absolute Gasteiger partial charge is 0.324 e. The van der Waals surface area contributed by atoms with Crippen molar-refractivity contribution in [2.45, 2.75) is 32.5 Å². The van der Waals surface area contributed by atoms with Gasteiger partial charge in [0, 0.05) is 17.4 Å². The van der Waals surface area contributed by atoms with Crippen LogP contribution in [0.2, 0.25) is 0 Å². The van der Waals surface area contributed by atoms with Gasteiger partial charge in [-0.3, -0.25) is 4.98 Å². The van der Waals surface area contributed by atoms with E-state index in [1.165, 1.54) is 6.07 Å². The average Bonchev–Trinajstić information content (AvgIpc) is 2.37. The third kappa shape index (κ3) is 3.82. The first-order valence-electron chi connectivity index (χ1n) is 6.63. The van der Waals surface area contributed by atoms with Gasteiger partial charge in [0.1, 0.15) is 0 Å². The van der Waals surface area contributed by atoms with Gasteiger partial charge in [0.05, 0.1) is 5.56 Å². The minimum absolute atomic E-state index is 0.343. The topological polar surface area (TPSA) is 38.9 Å². The monoisotopic (exact) mass is 294 g/mol. The third-order valence-electron chi connectivity index (χ3n) is 3.38. The van der Waals surface area contributed by atoms with Crippen LogP contribution in [-0.2, 0) is 12.6 Å². The molecule has 0 radical (unpaired) electrons. The van der Waals surface area contributed by atoms with Crippen LogP contribution in [-0.4, -0.2) is 4.98 Å². The number of rotatable bonds is 3. The number of nitrogens with two attached hydrogens (primary N) is 1. The van der Waals surface area contributed by atoms with E-state index in [2.05, 4.69) is 4.98 Å². The van der Waals surface area contributed by atoms with Gasteiger partial charge in [-0.25, -0.2) is 0 Å². The van der Waals surface area contributed by atoms with Crippen LogP contribution in [0, 0.1) is 13.8 Å². The van der Waals surface area contributed by atoms with E-state index in [9.17, 15) is 13.2 Å². The van der Waals surface area contributed by atoms with Crippen LogP contribution in [0.25, 0.3) is 0 Å². The molecule has 1 heterocycles. The zero-order valence-electron chi connectivity index (χ0n) is 11.9. The molecule has 2 nitrogen and oxygen atoms in total. The van der Waals surface area contributed by atoms with Crippen LogP contribution >= 0.6 is 0 Å². The number of hydrogen-bond donors (Lipinski definition) is 1. The molecule has 2 rings (SSSR count). The van der Waals surface area contributed by atoms with Gasteiger partial charge in [0.15, 0.2) is 0 Å². The molecular weight excluding hydrogens is 277 g/mol. The first kappa shape index (κ1) is 15.5. The Bertz CT molecular complexity index is 636. The lowest BCUT2D eigenvalue weighted by Gasteiger charge is -2.16. The Balaban J connectivity index is 2.21. The standard InChI is InChI=1S/C16H17F3N2/c1-10-6-7-14(11(2)21-10)15(20)9-12-4-3-5-13(8-12)16(17,18)19/h3-8,15H,9,20H2,1-2H3. The molecular formula is C16H17F3N2. The van der Waals surface area contributed by atoms with Crippen molar-refractivity contribution in [2.75, 3.05) is 0 Å². The molecule has 21 heavy (non-hydrogen) atoms. The Kier molecular flexibility index (Phi) is 4.32. The van der Waals surface area contributed by atoms with Gasteiger partial charge in [-0.15, -0.1) is 0 Å². The molecule has 0 bridgehead atoms. The zero-order valence-corrected chi connectivity index (χ0v) is 11.9. The van der Waals surface area contributed by atoms with E-state index in [-0.39, 0.29) is 6.04 Å². The second-order valence-corrected chi connectivity index (χ2v) is 5.14. The lowest BCUT2D eigenvalue weighted by atomic mass is 9.97. The highest BCUT2D eigenvalue weighted by atomic mass is 19.4. The van der Waals surface area contributed by atoms with E-state index >= 15 is 0 Å². The quantitative estimate of drug-likeness (QED) is 0.930. The second kappa shape index (κ2) is 5.85. The van der Waals surface area contributed by atoms with Gasteiger partial charge in [-0.05, 0) is 43.5 Å². The first-order valence-corrected chi connectivity index (χ1v) is 6.63. The Labute approximate surface area is 121 Å². The maximum absolute atomic E-state index is 12.7. The van der Waals surface area contributed by atoms with Gasteiger partial charge in [0.25, 0.3) is 0 Å². The summed E-state index contributed by atoms with van der Waals surface area (Å²) in [6.45, 7) is 3.74. The number of nitrogens with zero attached hydrogens (tertiary/aromatic N) is 1. The van der Waals surface area contributed by atoms with Gasteiger partial charge in [-0.1, -0.05) is 24.3 Å².